The molecule has 4 N–H and O–H groups in total. The highest BCUT2D eigenvalue weighted by molar-refractivity contribution is 5.86. The van der Waals surface area contributed by atoms with Gasteiger partial charge in [0.2, 0.25) is 0 Å². The number of hydrogen-bond acceptors (Lipinski definition) is 3. The lowest BCUT2D eigenvalue weighted by Crippen LogP contribution is -2.04. The number of nitrogens with two attached hydrogens (primary N) is 1. The van der Waals surface area contributed by atoms with E-state index < -0.39 is 0 Å². The van der Waals surface area contributed by atoms with Gasteiger partial charge >= 0.3 is 0 Å². The molecule has 4 rings (SSSR count). The van der Waals surface area contributed by atoms with Gasteiger partial charge in [0.15, 0.2) is 0 Å². The summed E-state index contributed by atoms with van der Waals surface area (Å²) in [6, 6.07) is 13.9. The van der Waals surface area contributed by atoms with Crippen LogP contribution in [-0.4, -0.2) is 19.6 Å². The Bertz CT molecular complexity index is 1070. The summed E-state index contributed by atoms with van der Waals surface area (Å²) in [5.41, 5.74) is 12.7. The van der Waals surface area contributed by atoms with Crippen molar-refractivity contribution in [1.29, 1.82) is 0 Å². The second-order valence-corrected chi connectivity index (χ2v) is 6.42. The smallest absolute Gasteiger partial charge is 0.149 e. The summed E-state index contributed by atoms with van der Waals surface area (Å²) in [6.45, 7) is 5.95. The molecule has 0 atom stereocenters. The lowest BCUT2D eigenvalue weighted by molar-refractivity contribution is 0.472. The molecule has 0 aliphatic heterocycles. The number of nitrogens with zero attached hydrogens (tertiary/aromatic N) is 2. The van der Waals surface area contributed by atoms with Crippen LogP contribution in [0.5, 0.6) is 5.75 Å². The third-order valence-electron chi connectivity index (χ3n) is 4.63. The van der Waals surface area contributed by atoms with E-state index in [4.69, 9.17) is 5.73 Å². The van der Waals surface area contributed by atoms with E-state index in [0.29, 0.717) is 22.9 Å². The number of aromatic hydroxyl groups is 1. The molecular weight excluding hydrogens is 312 g/mol. The van der Waals surface area contributed by atoms with E-state index in [9.17, 15) is 5.11 Å². The minimum absolute atomic E-state index is 0.150. The van der Waals surface area contributed by atoms with E-state index in [1.54, 1.807) is 0 Å². The summed E-state index contributed by atoms with van der Waals surface area (Å²) < 4.78 is 1.88. The molecule has 4 aromatic rings. The number of nitrogen functional groups attached to an aromatic ring is 1. The zero-order chi connectivity index (χ0) is 17.7. The van der Waals surface area contributed by atoms with E-state index in [-0.39, 0.29) is 5.75 Å². The minimum atomic E-state index is 0.150. The fraction of sp³-hybridized carbons (Fsp3) is 0.150. The topological polar surface area (TPSA) is 79.9 Å². The van der Waals surface area contributed by atoms with Crippen LogP contribution < -0.4 is 5.73 Å². The Morgan fingerprint density at radius 3 is 2.56 bits per heavy atom. The van der Waals surface area contributed by atoms with Gasteiger partial charge in [-0.3, -0.25) is 4.57 Å². The number of hydrogen-bond donors (Lipinski definition) is 3. The molecule has 0 aliphatic carbocycles. The van der Waals surface area contributed by atoms with Crippen LogP contribution in [0.2, 0.25) is 0 Å². The number of para-hydroxylation sites is 2. The maximum atomic E-state index is 10.7. The van der Waals surface area contributed by atoms with E-state index in [1.165, 1.54) is 5.56 Å². The number of anilines is 1. The molecule has 2 aromatic carbocycles. The summed E-state index contributed by atoms with van der Waals surface area (Å²) in [7, 11) is 0. The second kappa shape index (κ2) is 5.41. The summed E-state index contributed by atoms with van der Waals surface area (Å²) in [4.78, 5) is 7.83. The SMILES string of the molecule is Cc1ccc(-n2c(C)c(O)c(-c3nc4ccccc4[nH]3)c2N)c(C)c1. The standard InChI is InChI=1S/C20H20N4O/c1-11-8-9-16(12(2)10-11)24-13(3)18(25)17(19(24)21)20-22-14-6-4-5-7-15(14)23-20/h4-10,25H,21H2,1-3H3,(H,22,23). The Kier molecular flexibility index (Phi) is 3.32. The molecule has 0 fully saturated rings. The zero-order valence-electron chi connectivity index (χ0n) is 14.5. The molecule has 2 heterocycles. The number of imidazole rings is 1. The van der Waals surface area contributed by atoms with Crippen molar-refractivity contribution >= 4 is 16.9 Å². The van der Waals surface area contributed by atoms with Gasteiger partial charge in [0.05, 0.1) is 22.4 Å². The Balaban J connectivity index is 1.96. The number of aromatic nitrogens is 3. The number of nitrogens with one attached hydrogen (secondary N) is 1. The lowest BCUT2D eigenvalue weighted by atomic mass is 10.1. The molecule has 0 aliphatic rings. The molecule has 0 amide bonds. The quantitative estimate of drug-likeness (QED) is 0.514. The maximum absolute atomic E-state index is 10.7. The van der Waals surface area contributed by atoms with E-state index in [2.05, 4.69) is 23.0 Å². The predicted octanol–water partition coefficient (Wildman–Crippen LogP) is 4.23. The molecule has 5 nitrogen and oxygen atoms in total. The third kappa shape index (κ3) is 2.28. The summed E-state index contributed by atoms with van der Waals surface area (Å²) in [6.07, 6.45) is 0. The van der Waals surface area contributed by atoms with E-state index in [0.717, 1.165) is 22.3 Å². The first-order valence-corrected chi connectivity index (χ1v) is 8.20. The maximum Gasteiger partial charge on any atom is 0.149 e. The summed E-state index contributed by atoms with van der Waals surface area (Å²) in [5.74, 6) is 1.19. The van der Waals surface area contributed by atoms with Gasteiger partial charge in [-0.25, -0.2) is 4.98 Å². The Hall–Kier alpha value is -3.21. The van der Waals surface area contributed by atoms with Crippen LogP contribution in [0.15, 0.2) is 42.5 Å². The molecule has 5 heteroatoms. The molecule has 0 spiro atoms. The number of fused-ring (bicyclic) bond motifs is 1. The average molecular weight is 332 g/mol. The third-order valence-corrected chi connectivity index (χ3v) is 4.63. The highest BCUT2D eigenvalue weighted by Crippen LogP contribution is 2.41. The first kappa shape index (κ1) is 15.3. The highest BCUT2D eigenvalue weighted by atomic mass is 16.3. The van der Waals surface area contributed by atoms with Crippen LogP contribution in [0.3, 0.4) is 0 Å². The van der Waals surface area contributed by atoms with Gasteiger partial charge in [0.1, 0.15) is 23.0 Å². The predicted molar refractivity (Wildman–Crippen MR) is 101 cm³/mol. The van der Waals surface area contributed by atoms with Crippen molar-refractivity contribution in [3.8, 4) is 22.8 Å². The summed E-state index contributed by atoms with van der Waals surface area (Å²) in [5, 5.41) is 10.7. The molecule has 0 unspecified atom stereocenters. The van der Waals surface area contributed by atoms with Gasteiger partial charge in [-0.05, 0) is 44.5 Å². The molecule has 0 bridgehead atoms. The average Bonchev–Trinajstić information content (AvgIpc) is 3.08. The van der Waals surface area contributed by atoms with Crippen molar-refractivity contribution < 1.29 is 5.11 Å². The molecule has 25 heavy (non-hydrogen) atoms. The Morgan fingerprint density at radius 1 is 1.08 bits per heavy atom. The molecule has 0 saturated heterocycles. The number of benzene rings is 2. The van der Waals surface area contributed by atoms with Gasteiger partial charge < -0.3 is 15.8 Å². The van der Waals surface area contributed by atoms with Crippen LogP contribution in [0.25, 0.3) is 28.1 Å². The van der Waals surface area contributed by atoms with Gasteiger partial charge in [-0.1, -0.05) is 29.8 Å². The van der Waals surface area contributed by atoms with Crippen molar-refractivity contribution in [3.63, 3.8) is 0 Å². The number of aromatic amines is 1. The largest absolute Gasteiger partial charge is 0.505 e. The van der Waals surface area contributed by atoms with E-state index >= 15 is 0 Å². The fourth-order valence-electron chi connectivity index (χ4n) is 3.37. The highest BCUT2D eigenvalue weighted by Gasteiger charge is 2.23. The second-order valence-electron chi connectivity index (χ2n) is 6.42. The number of rotatable bonds is 2. The first-order valence-electron chi connectivity index (χ1n) is 8.20. The van der Waals surface area contributed by atoms with Crippen LogP contribution in [-0.2, 0) is 0 Å². The van der Waals surface area contributed by atoms with Crippen molar-refractivity contribution in [2.75, 3.05) is 5.73 Å². The molecule has 126 valence electrons. The molecule has 0 radical (unpaired) electrons. The van der Waals surface area contributed by atoms with Crippen molar-refractivity contribution in [1.82, 2.24) is 14.5 Å². The molecule has 0 saturated carbocycles. The zero-order valence-corrected chi connectivity index (χ0v) is 14.5. The lowest BCUT2D eigenvalue weighted by Gasteiger charge is -2.12. The summed E-state index contributed by atoms with van der Waals surface area (Å²) >= 11 is 0. The molecular formula is C20H20N4O. The normalized spacial score (nSPS) is 11.3. The minimum Gasteiger partial charge on any atom is -0.505 e. The van der Waals surface area contributed by atoms with Crippen molar-refractivity contribution in [3.05, 3.63) is 59.3 Å². The van der Waals surface area contributed by atoms with Gasteiger partial charge in [0, 0.05) is 0 Å². The van der Waals surface area contributed by atoms with Crippen LogP contribution in [0, 0.1) is 20.8 Å². The van der Waals surface area contributed by atoms with Gasteiger partial charge in [-0.15, -0.1) is 0 Å². The van der Waals surface area contributed by atoms with Gasteiger partial charge in [-0.2, -0.15) is 0 Å². The van der Waals surface area contributed by atoms with Crippen LogP contribution in [0.1, 0.15) is 16.8 Å². The Labute approximate surface area is 145 Å². The van der Waals surface area contributed by atoms with Gasteiger partial charge in [0.25, 0.3) is 0 Å². The Morgan fingerprint density at radius 2 is 1.84 bits per heavy atom. The fourth-order valence-corrected chi connectivity index (χ4v) is 3.37. The van der Waals surface area contributed by atoms with Crippen LogP contribution >= 0.6 is 0 Å². The monoisotopic (exact) mass is 332 g/mol. The number of H-pyrrole nitrogens is 1. The molecule has 2 aromatic heterocycles. The first-order chi connectivity index (χ1) is 12.0. The van der Waals surface area contributed by atoms with Crippen molar-refractivity contribution in [2.45, 2.75) is 20.8 Å². The van der Waals surface area contributed by atoms with Crippen molar-refractivity contribution in [2.24, 2.45) is 0 Å². The van der Waals surface area contributed by atoms with E-state index in [1.807, 2.05) is 54.8 Å². The number of aryl methyl sites for hydroxylation is 2. The van der Waals surface area contributed by atoms with Crippen LogP contribution in [0.4, 0.5) is 5.82 Å².